The lowest BCUT2D eigenvalue weighted by Gasteiger charge is -2.19. The normalized spacial score (nSPS) is 11.6. The van der Waals surface area contributed by atoms with Crippen LogP contribution in [0.2, 0.25) is 0 Å². The van der Waals surface area contributed by atoms with Gasteiger partial charge in [-0.05, 0) is 33.8 Å². The Balaban J connectivity index is 2.32. The van der Waals surface area contributed by atoms with Crippen molar-refractivity contribution in [2.45, 2.75) is 33.3 Å². The molecule has 0 atom stereocenters. The first-order chi connectivity index (χ1) is 9.31. The molecular formula is C14H16O4S2. The van der Waals surface area contributed by atoms with Crippen molar-refractivity contribution in [3.63, 3.8) is 0 Å². The van der Waals surface area contributed by atoms with Crippen LogP contribution in [-0.4, -0.2) is 24.1 Å². The molecule has 0 radical (unpaired) electrons. The molecule has 0 spiro atoms. The zero-order chi connectivity index (χ0) is 14.9. The molecule has 0 aromatic carbocycles. The Hall–Kier alpha value is -1.40. The van der Waals surface area contributed by atoms with E-state index in [9.17, 15) is 9.59 Å². The molecule has 0 aliphatic carbocycles. The number of esters is 2. The van der Waals surface area contributed by atoms with Gasteiger partial charge in [-0.25, -0.2) is 9.59 Å². The topological polar surface area (TPSA) is 52.6 Å². The summed E-state index contributed by atoms with van der Waals surface area (Å²) < 4.78 is 11.3. The summed E-state index contributed by atoms with van der Waals surface area (Å²) in [5.41, 5.74) is -0.0301. The zero-order valence-electron chi connectivity index (χ0n) is 11.8. The van der Waals surface area contributed by atoms with Gasteiger partial charge in [0.25, 0.3) is 0 Å². The van der Waals surface area contributed by atoms with Crippen molar-refractivity contribution in [3.8, 4) is 0 Å². The number of carbonyl (C=O) groups is 2. The third kappa shape index (κ3) is 3.19. The van der Waals surface area contributed by atoms with Crippen molar-refractivity contribution in [2.24, 2.45) is 0 Å². The summed E-state index contributed by atoms with van der Waals surface area (Å²) in [6.45, 7) is 7.58. The molecule has 0 saturated carbocycles. The van der Waals surface area contributed by atoms with E-state index in [1.165, 1.54) is 22.7 Å². The first kappa shape index (κ1) is 15.0. The Labute approximate surface area is 125 Å². The Bertz CT molecular complexity index is 646. The predicted octanol–water partition coefficient (Wildman–Crippen LogP) is 4.09. The van der Waals surface area contributed by atoms with E-state index in [2.05, 4.69) is 0 Å². The van der Waals surface area contributed by atoms with Gasteiger partial charge >= 0.3 is 11.9 Å². The summed E-state index contributed by atoms with van der Waals surface area (Å²) in [4.78, 5) is 24.3. The van der Waals surface area contributed by atoms with Crippen molar-refractivity contribution in [1.29, 1.82) is 0 Å². The van der Waals surface area contributed by atoms with Crippen molar-refractivity contribution in [3.05, 3.63) is 21.9 Å². The minimum Gasteiger partial charge on any atom is -0.462 e. The molecular weight excluding hydrogens is 296 g/mol. The Morgan fingerprint density at radius 3 is 2.55 bits per heavy atom. The average molecular weight is 312 g/mol. The number of thiophene rings is 2. The Morgan fingerprint density at radius 1 is 1.25 bits per heavy atom. The maximum atomic E-state index is 12.1. The van der Waals surface area contributed by atoms with E-state index in [-0.39, 0.29) is 11.9 Å². The van der Waals surface area contributed by atoms with Crippen LogP contribution in [0, 0.1) is 0 Å². The van der Waals surface area contributed by atoms with Gasteiger partial charge in [0, 0.05) is 10.8 Å². The summed E-state index contributed by atoms with van der Waals surface area (Å²) in [5, 5.41) is 2.53. The van der Waals surface area contributed by atoms with Crippen LogP contribution in [-0.2, 0) is 9.47 Å². The molecule has 4 nitrogen and oxygen atoms in total. The smallest absolute Gasteiger partial charge is 0.348 e. The molecule has 0 aliphatic heterocycles. The maximum Gasteiger partial charge on any atom is 0.348 e. The number of fused-ring (bicyclic) bond motifs is 1. The third-order valence-corrected chi connectivity index (χ3v) is 4.60. The Kier molecular flexibility index (Phi) is 4.15. The quantitative estimate of drug-likeness (QED) is 0.801. The minimum atomic E-state index is -0.536. The van der Waals surface area contributed by atoms with E-state index in [1.807, 2.05) is 20.8 Å². The summed E-state index contributed by atoms with van der Waals surface area (Å²) in [5.74, 6) is -0.715. The van der Waals surface area contributed by atoms with Crippen molar-refractivity contribution in [1.82, 2.24) is 0 Å². The molecule has 6 heteroatoms. The highest BCUT2D eigenvalue weighted by Gasteiger charge is 2.23. The fourth-order valence-electron chi connectivity index (χ4n) is 1.62. The van der Waals surface area contributed by atoms with Gasteiger partial charge in [0.2, 0.25) is 0 Å². The van der Waals surface area contributed by atoms with Crippen molar-refractivity contribution < 1.29 is 19.1 Å². The van der Waals surface area contributed by atoms with Crippen LogP contribution < -0.4 is 0 Å². The van der Waals surface area contributed by atoms with Crippen LogP contribution in [0.4, 0.5) is 0 Å². The molecule has 108 valence electrons. The summed E-state index contributed by atoms with van der Waals surface area (Å²) >= 11 is 2.77. The van der Waals surface area contributed by atoms with Gasteiger partial charge in [0.1, 0.15) is 10.5 Å². The summed E-state index contributed by atoms with van der Waals surface area (Å²) in [7, 11) is 0. The number of hydrogen-bond donors (Lipinski definition) is 0. The highest BCUT2D eigenvalue weighted by atomic mass is 32.2. The summed E-state index contributed by atoms with van der Waals surface area (Å²) in [6, 6.07) is 1.70. The van der Waals surface area contributed by atoms with E-state index in [4.69, 9.17) is 9.47 Å². The molecule has 0 aliphatic rings. The lowest BCUT2D eigenvalue weighted by atomic mass is 10.2. The Morgan fingerprint density at radius 2 is 1.95 bits per heavy atom. The van der Waals surface area contributed by atoms with Crippen LogP contribution in [0.25, 0.3) is 9.40 Å². The zero-order valence-corrected chi connectivity index (χ0v) is 13.4. The van der Waals surface area contributed by atoms with E-state index in [0.717, 1.165) is 9.40 Å². The average Bonchev–Trinajstić information content (AvgIpc) is 2.84. The largest absolute Gasteiger partial charge is 0.462 e. The molecule has 2 aromatic rings. The molecule has 0 fully saturated rings. The highest BCUT2D eigenvalue weighted by molar-refractivity contribution is 7.38. The molecule has 0 saturated heterocycles. The van der Waals surface area contributed by atoms with Gasteiger partial charge in [-0.15, -0.1) is 22.7 Å². The molecule has 2 rings (SSSR count). The van der Waals surface area contributed by atoms with E-state index >= 15 is 0 Å². The standard InChI is InChI=1S/C14H16O4S2/c1-5-17-12(16)10-6-8-9(7-19-13(8)20-10)11(15)18-14(2,3)4/h6-7H,5H2,1-4H3. The van der Waals surface area contributed by atoms with E-state index < -0.39 is 5.60 Å². The maximum absolute atomic E-state index is 12.1. The fourth-order valence-corrected chi connectivity index (χ4v) is 3.77. The SMILES string of the molecule is CCOC(=O)c1cc2c(C(=O)OC(C)(C)C)csc2s1. The second-order valence-corrected chi connectivity index (χ2v) is 7.37. The molecule has 2 aromatic heterocycles. The summed E-state index contributed by atoms with van der Waals surface area (Å²) in [6.07, 6.45) is 0. The van der Waals surface area contributed by atoms with Crippen LogP contribution in [0.1, 0.15) is 47.7 Å². The molecule has 0 unspecified atom stereocenters. The van der Waals surface area contributed by atoms with Gasteiger partial charge in [-0.2, -0.15) is 0 Å². The van der Waals surface area contributed by atoms with Crippen LogP contribution in [0.15, 0.2) is 11.4 Å². The van der Waals surface area contributed by atoms with Crippen molar-refractivity contribution >= 4 is 44.0 Å². The third-order valence-electron chi connectivity index (χ3n) is 2.37. The number of ether oxygens (including phenoxy) is 2. The first-order valence-corrected chi connectivity index (χ1v) is 7.93. The van der Waals surface area contributed by atoms with Gasteiger partial charge < -0.3 is 9.47 Å². The molecule has 2 heterocycles. The highest BCUT2D eigenvalue weighted by Crippen LogP contribution is 2.35. The number of rotatable bonds is 3. The predicted molar refractivity (Wildman–Crippen MR) is 80.8 cm³/mol. The molecule has 20 heavy (non-hydrogen) atoms. The van der Waals surface area contributed by atoms with Gasteiger partial charge in [0.15, 0.2) is 0 Å². The van der Waals surface area contributed by atoms with Crippen LogP contribution >= 0.6 is 22.7 Å². The van der Waals surface area contributed by atoms with Crippen molar-refractivity contribution in [2.75, 3.05) is 6.61 Å². The lowest BCUT2D eigenvalue weighted by Crippen LogP contribution is -2.23. The van der Waals surface area contributed by atoms with E-state index in [0.29, 0.717) is 17.0 Å². The van der Waals surface area contributed by atoms with Crippen LogP contribution in [0.5, 0.6) is 0 Å². The second kappa shape index (κ2) is 5.54. The number of carbonyl (C=O) groups excluding carboxylic acids is 2. The first-order valence-electron chi connectivity index (χ1n) is 6.23. The van der Waals surface area contributed by atoms with Crippen LogP contribution in [0.3, 0.4) is 0 Å². The fraction of sp³-hybridized carbons (Fsp3) is 0.429. The molecule has 0 N–H and O–H groups in total. The second-order valence-electron chi connectivity index (χ2n) is 5.18. The van der Waals surface area contributed by atoms with Gasteiger partial charge in [0.05, 0.1) is 16.2 Å². The monoisotopic (exact) mass is 312 g/mol. The lowest BCUT2D eigenvalue weighted by molar-refractivity contribution is 0.00720. The molecule has 0 bridgehead atoms. The molecule has 0 amide bonds. The minimum absolute atomic E-state index is 0.337. The number of hydrogen-bond acceptors (Lipinski definition) is 6. The van der Waals surface area contributed by atoms with E-state index in [1.54, 1.807) is 18.4 Å². The van der Waals surface area contributed by atoms with Gasteiger partial charge in [-0.3, -0.25) is 0 Å². The van der Waals surface area contributed by atoms with Gasteiger partial charge in [-0.1, -0.05) is 0 Å².